The van der Waals surface area contributed by atoms with Crippen LogP contribution in [0, 0.1) is 6.92 Å². The highest BCUT2D eigenvalue weighted by Gasteiger charge is 2.21. The molecule has 2 aromatic carbocycles. The van der Waals surface area contributed by atoms with Gasteiger partial charge in [-0.3, -0.25) is 4.79 Å². The van der Waals surface area contributed by atoms with Gasteiger partial charge in [0.15, 0.2) is 0 Å². The van der Waals surface area contributed by atoms with Gasteiger partial charge in [-0.1, -0.05) is 46.3 Å². The van der Waals surface area contributed by atoms with Crippen molar-refractivity contribution in [2.75, 3.05) is 31.1 Å². The third-order valence-corrected chi connectivity index (χ3v) is 4.89. The molecule has 4 heteroatoms. The van der Waals surface area contributed by atoms with Crippen molar-refractivity contribution < 1.29 is 4.79 Å². The van der Waals surface area contributed by atoms with E-state index in [2.05, 4.69) is 52.0 Å². The molecular formula is C19H21BrN2O. The van der Waals surface area contributed by atoms with E-state index in [4.69, 9.17) is 0 Å². The molecule has 3 rings (SSSR count). The first-order chi connectivity index (χ1) is 11.1. The zero-order valence-electron chi connectivity index (χ0n) is 13.3. The molecule has 0 aromatic heterocycles. The van der Waals surface area contributed by atoms with Crippen molar-refractivity contribution in [2.45, 2.75) is 13.3 Å². The molecule has 23 heavy (non-hydrogen) atoms. The number of halogens is 1. The number of aryl methyl sites for hydroxylation is 1. The molecule has 1 aliphatic heterocycles. The van der Waals surface area contributed by atoms with Crippen LogP contribution in [0.5, 0.6) is 0 Å². The summed E-state index contributed by atoms with van der Waals surface area (Å²) in [6.07, 6.45) is 0.484. The molecule has 1 saturated heterocycles. The van der Waals surface area contributed by atoms with Gasteiger partial charge in [-0.25, -0.2) is 0 Å². The Morgan fingerprint density at radius 3 is 2.30 bits per heavy atom. The minimum atomic E-state index is 0.219. The summed E-state index contributed by atoms with van der Waals surface area (Å²) < 4.78 is 1.04. The summed E-state index contributed by atoms with van der Waals surface area (Å²) in [5.41, 5.74) is 3.65. The zero-order valence-corrected chi connectivity index (χ0v) is 14.9. The smallest absolute Gasteiger partial charge is 0.227 e. The Morgan fingerprint density at radius 1 is 1.00 bits per heavy atom. The standard InChI is InChI=1S/C19H21BrN2O/c1-15-4-2-3-5-18(15)21-10-12-22(13-11-21)19(23)14-16-6-8-17(20)9-7-16/h2-9H,10-14H2,1H3. The van der Waals surface area contributed by atoms with Gasteiger partial charge in [0.2, 0.25) is 5.91 Å². The lowest BCUT2D eigenvalue weighted by Gasteiger charge is -2.37. The van der Waals surface area contributed by atoms with Crippen LogP contribution in [0.1, 0.15) is 11.1 Å². The Hall–Kier alpha value is -1.81. The summed E-state index contributed by atoms with van der Waals surface area (Å²) in [5.74, 6) is 0.219. The minimum Gasteiger partial charge on any atom is -0.368 e. The van der Waals surface area contributed by atoms with E-state index in [9.17, 15) is 4.79 Å². The highest BCUT2D eigenvalue weighted by Crippen LogP contribution is 2.21. The van der Waals surface area contributed by atoms with E-state index in [1.165, 1.54) is 11.3 Å². The van der Waals surface area contributed by atoms with E-state index in [-0.39, 0.29) is 5.91 Å². The van der Waals surface area contributed by atoms with Crippen molar-refractivity contribution in [2.24, 2.45) is 0 Å². The summed E-state index contributed by atoms with van der Waals surface area (Å²) in [7, 11) is 0. The number of hydrogen-bond donors (Lipinski definition) is 0. The van der Waals surface area contributed by atoms with Gasteiger partial charge < -0.3 is 9.80 Å². The molecule has 0 spiro atoms. The maximum atomic E-state index is 12.5. The Morgan fingerprint density at radius 2 is 1.65 bits per heavy atom. The lowest BCUT2D eigenvalue weighted by molar-refractivity contribution is -0.130. The van der Waals surface area contributed by atoms with E-state index >= 15 is 0 Å². The lowest BCUT2D eigenvalue weighted by Crippen LogP contribution is -2.49. The van der Waals surface area contributed by atoms with E-state index in [1.807, 2.05) is 29.2 Å². The van der Waals surface area contributed by atoms with Crippen LogP contribution in [0.4, 0.5) is 5.69 Å². The van der Waals surface area contributed by atoms with Gasteiger partial charge in [0.05, 0.1) is 6.42 Å². The highest BCUT2D eigenvalue weighted by atomic mass is 79.9. The van der Waals surface area contributed by atoms with Crippen LogP contribution >= 0.6 is 15.9 Å². The number of carbonyl (C=O) groups excluding carboxylic acids is 1. The Labute approximate surface area is 146 Å². The molecule has 1 amide bonds. The first-order valence-electron chi connectivity index (χ1n) is 7.96. The van der Waals surface area contributed by atoms with E-state index in [0.717, 1.165) is 36.2 Å². The van der Waals surface area contributed by atoms with Gasteiger partial charge in [0.25, 0.3) is 0 Å². The zero-order chi connectivity index (χ0) is 16.2. The predicted molar refractivity (Wildman–Crippen MR) is 97.8 cm³/mol. The molecule has 1 heterocycles. The first-order valence-corrected chi connectivity index (χ1v) is 8.75. The van der Waals surface area contributed by atoms with Crippen molar-refractivity contribution in [1.29, 1.82) is 0 Å². The second-order valence-corrected chi connectivity index (χ2v) is 6.87. The largest absolute Gasteiger partial charge is 0.368 e. The van der Waals surface area contributed by atoms with Crippen LogP contribution in [0.3, 0.4) is 0 Å². The van der Waals surface area contributed by atoms with Crippen LogP contribution in [0.25, 0.3) is 0 Å². The van der Waals surface area contributed by atoms with Crippen LogP contribution in [-0.2, 0) is 11.2 Å². The number of carbonyl (C=O) groups is 1. The van der Waals surface area contributed by atoms with E-state index in [0.29, 0.717) is 6.42 Å². The second kappa shape index (κ2) is 7.18. The molecule has 0 aliphatic carbocycles. The normalized spacial score (nSPS) is 14.9. The topological polar surface area (TPSA) is 23.6 Å². The van der Waals surface area contributed by atoms with Crippen LogP contribution in [-0.4, -0.2) is 37.0 Å². The number of hydrogen-bond acceptors (Lipinski definition) is 2. The number of amides is 1. The maximum absolute atomic E-state index is 12.5. The molecule has 0 unspecified atom stereocenters. The number of para-hydroxylation sites is 1. The van der Waals surface area contributed by atoms with E-state index < -0.39 is 0 Å². The van der Waals surface area contributed by atoms with Crippen molar-refractivity contribution in [3.8, 4) is 0 Å². The molecule has 2 aromatic rings. The van der Waals surface area contributed by atoms with Gasteiger partial charge in [-0.2, -0.15) is 0 Å². The second-order valence-electron chi connectivity index (χ2n) is 5.96. The quantitative estimate of drug-likeness (QED) is 0.820. The Bertz CT molecular complexity index is 676. The summed E-state index contributed by atoms with van der Waals surface area (Å²) in [6.45, 7) is 5.53. The molecule has 1 aliphatic rings. The number of piperazine rings is 1. The van der Waals surface area contributed by atoms with Gasteiger partial charge >= 0.3 is 0 Å². The van der Waals surface area contributed by atoms with E-state index in [1.54, 1.807) is 0 Å². The van der Waals surface area contributed by atoms with Crippen molar-refractivity contribution in [3.63, 3.8) is 0 Å². The number of rotatable bonds is 3. The number of benzene rings is 2. The Balaban J connectivity index is 1.57. The molecule has 1 fully saturated rings. The fourth-order valence-corrected chi connectivity index (χ4v) is 3.27. The summed E-state index contributed by atoms with van der Waals surface area (Å²) in [5, 5.41) is 0. The van der Waals surface area contributed by atoms with Crippen LogP contribution in [0.2, 0.25) is 0 Å². The fraction of sp³-hybridized carbons (Fsp3) is 0.316. The third-order valence-electron chi connectivity index (χ3n) is 4.36. The average molecular weight is 373 g/mol. The fourth-order valence-electron chi connectivity index (χ4n) is 3.00. The third kappa shape index (κ3) is 3.94. The van der Waals surface area contributed by atoms with Crippen molar-refractivity contribution in [3.05, 3.63) is 64.1 Å². The lowest BCUT2D eigenvalue weighted by atomic mass is 10.1. The van der Waals surface area contributed by atoms with Gasteiger partial charge in [-0.15, -0.1) is 0 Å². The minimum absolute atomic E-state index is 0.219. The SMILES string of the molecule is Cc1ccccc1N1CCN(C(=O)Cc2ccc(Br)cc2)CC1. The maximum Gasteiger partial charge on any atom is 0.227 e. The molecule has 0 bridgehead atoms. The van der Waals surface area contributed by atoms with Crippen molar-refractivity contribution >= 4 is 27.5 Å². The van der Waals surface area contributed by atoms with Crippen molar-refractivity contribution in [1.82, 2.24) is 4.90 Å². The molecule has 0 radical (unpaired) electrons. The van der Waals surface area contributed by atoms with Crippen LogP contribution in [0.15, 0.2) is 53.0 Å². The average Bonchev–Trinajstić information content (AvgIpc) is 2.57. The summed E-state index contributed by atoms with van der Waals surface area (Å²) >= 11 is 3.42. The highest BCUT2D eigenvalue weighted by molar-refractivity contribution is 9.10. The van der Waals surface area contributed by atoms with Crippen LogP contribution < -0.4 is 4.90 Å². The molecule has 0 saturated carbocycles. The summed E-state index contributed by atoms with van der Waals surface area (Å²) in [4.78, 5) is 16.8. The first kappa shape index (κ1) is 16.1. The number of anilines is 1. The molecule has 0 N–H and O–H groups in total. The monoisotopic (exact) mass is 372 g/mol. The molecule has 120 valence electrons. The predicted octanol–water partition coefficient (Wildman–Crippen LogP) is 3.65. The number of nitrogens with zero attached hydrogens (tertiary/aromatic N) is 2. The molecule has 0 atom stereocenters. The summed E-state index contributed by atoms with van der Waals surface area (Å²) in [6, 6.07) is 16.4. The molecule has 3 nitrogen and oxygen atoms in total. The molecular weight excluding hydrogens is 352 g/mol. The Kier molecular flexibility index (Phi) is 5.01. The van der Waals surface area contributed by atoms with Gasteiger partial charge in [0.1, 0.15) is 0 Å². The van der Waals surface area contributed by atoms with Gasteiger partial charge in [-0.05, 0) is 36.2 Å². The van der Waals surface area contributed by atoms with Gasteiger partial charge in [0, 0.05) is 36.3 Å².